The second-order valence-electron chi connectivity index (χ2n) is 4.68. The fraction of sp³-hybridized carbons (Fsp3) is 0.286. The molecule has 1 atom stereocenters. The average Bonchev–Trinajstić information content (AvgIpc) is 2.77. The quantitative estimate of drug-likeness (QED) is 0.836. The summed E-state index contributed by atoms with van der Waals surface area (Å²) in [6.07, 6.45) is 5.36. The zero-order valence-electron chi connectivity index (χ0n) is 9.87. The largest absolute Gasteiger partial charge is 0.324 e. The molecule has 0 amide bonds. The Kier molecular flexibility index (Phi) is 3.22. The molecule has 1 aromatic heterocycles. The van der Waals surface area contributed by atoms with Crippen LogP contribution in [0.15, 0.2) is 34.9 Å². The van der Waals surface area contributed by atoms with E-state index in [4.69, 9.17) is 17.3 Å². The van der Waals surface area contributed by atoms with Gasteiger partial charge < -0.3 is 10.3 Å². The van der Waals surface area contributed by atoms with Gasteiger partial charge in [-0.3, -0.25) is 0 Å². The highest BCUT2D eigenvalue weighted by molar-refractivity contribution is 9.10. The molecule has 2 nitrogen and oxygen atoms in total. The molecule has 1 heterocycles. The minimum absolute atomic E-state index is 0.168. The molecule has 0 spiro atoms. The maximum atomic E-state index is 6.29. The molecule has 1 aliphatic carbocycles. The molecule has 0 bridgehead atoms. The van der Waals surface area contributed by atoms with Crippen molar-refractivity contribution < 1.29 is 0 Å². The van der Waals surface area contributed by atoms with Crippen molar-refractivity contribution in [1.29, 1.82) is 0 Å². The van der Waals surface area contributed by atoms with Gasteiger partial charge in [0.15, 0.2) is 0 Å². The number of halogens is 2. The fourth-order valence-corrected chi connectivity index (χ4v) is 3.18. The molecular formula is C14H14BrClN2. The van der Waals surface area contributed by atoms with Gasteiger partial charge in [-0.2, -0.15) is 0 Å². The van der Waals surface area contributed by atoms with Gasteiger partial charge in [-0.1, -0.05) is 27.5 Å². The molecule has 3 rings (SSSR count). The number of benzene rings is 1. The van der Waals surface area contributed by atoms with Gasteiger partial charge in [-0.25, -0.2) is 0 Å². The molecule has 1 unspecified atom stereocenters. The third kappa shape index (κ3) is 2.00. The lowest BCUT2D eigenvalue weighted by Gasteiger charge is -2.21. The Bertz CT molecular complexity index is 591. The summed E-state index contributed by atoms with van der Waals surface area (Å²) in [5, 5.41) is 0.760. The van der Waals surface area contributed by atoms with Gasteiger partial charge in [-0.15, -0.1) is 0 Å². The van der Waals surface area contributed by atoms with Crippen LogP contribution in [0.2, 0.25) is 5.02 Å². The number of nitrogens with two attached hydrogens (primary N) is 1. The lowest BCUT2D eigenvalue weighted by atomic mass is 9.93. The van der Waals surface area contributed by atoms with Crippen molar-refractivity contribution in [2.45, 2.75) is 25.3 Å². The maximum Gasteiger partial charge on any atom is 0.0650 e. The van der Waals surface area contributed by atoms with E-state index in [0.717, 1.165) is 34.4 Å². The molecule has 0 aliphatic heterocycles. The number of fused-ring (bicyclic) bond motifs is 1. The van der Waals surface area contributed by atoms with Crippen LogP contribution in [-0.2, 0) is 6.42 Å². The highest BCUT2D eigenvalue weighted by Gasteiger charge is 2.21. The Morgan fingerprint density at radius 2 is 2.17 bits per heavy atom. The van der Waals surface area contributed by atoms with Crippen molar-refractivity contribution in [1.82, 2.24) is 4.57 Å². The second-order valence-corrected chi connectivity index (χ2v) is 6.01. The lowest BCUT2D eigenvalue weighted by Crippen LogP contribution is -2.17. The molecule has 18 heavy (non-hydrogen) atoms. The monoisotopic (exact) mass is 324 g/mol. The Hall–Kier alpha value is -0.770. The predicted molar refractivity (Wildman–Crippen MR) is 78.3 cm³/mol. The molecule has 1 aromatic carbocycles. The van der Waals surface area contributed by atoms with Gasteiger partial charge in [0.1, 0.15) is 0 Å². The maximum absolute atomic E-state index is 6.29. The number of nitrogens with zero attached hydrogens (tertiary/aromatic N) is 1. The zero-order chi connectivity index (χ0) is 12.7. The van der Waals surface area contributed by atoms with Crippen molar-refractivity contribution in [3.05, 3.63) is 51.2 Å². The van der Waals surface area contributed by atoms with E-state index < -0.39 is 0 Å². The average molecular weight is 326 g/mol. The second kappa shape index (κ2) is 4.72. The normalized spacial score (nSPS) is 18.7. The highest BCUT2D eigenvalue weighted by Crippen LogP contribution is 2.33. The summed E-state index contributed by atoms with van der Waals surface area (Å²) in [5.41, 5.74) is 9.73. The summed E-state index contributed by atoms with van der Waals surface area (Å²) in [4.78, 5) is 0. The van der Waals surface area contributed by atoms with Gasteiger partial charge in [0, 0.05) is 22.4 Å². The lowest BCUT2D eigenvalue weighted by molar-refractivity contribution is 0.560. The van der Waals surface area contributed by atoms with Crippen LogP contribution in [0.25, 0.3) is 5.69 Å². The summed E-state index contributed by atoms with van der Waals surface area (Å²) < 4.78 is 3.20. The first-order valence-corrected chi connectivity index (χ1v) is 7.25. The smallest absolute Gasteiger partial charge is 0.0650 e. The van der Waals surface area contributed by atoms with Crippen LogP contribution in [0.1, 0.15) is 30.1 Å². The number of hydrogen-bond acceptors (Lipinski definition) is 1. The van der Waals surface area contributed by atoms with Crippen molar-refractivity contribution in [3.63, 3.8) is 0 Å². The summed E-state index contributed by atoms with van der Waals surface area (Å²) >= 11 is 9.79. The van der Waals surface area contributed by atoms with Gasteiger partial charge in [0.05, 0.1) is 10.7 Å². The van der Waals surface area contributed by atoms with E-state index in [0.29, 0.717) is 0 Å². The van der Waals surface area contributed by atoms with E-state index >= 15 is 0 Å². The zero-order valence-corrected chi connectivity index (χ0v) is 12.2. The Labute approximate surface area is 120 Å². The minimum atomic E-state index is 0.168. The Morgan fingerprint density at radius 3 is 3.00 bits per heavy atom. The van der Waals surface area contributed by atoms with Crippen LogP contribution in [0.4, 0.5) is 0 Å². The van der Waals surface area contributed by atoms with Crippen LogP contribution in [-0.4, -0.2) is 4.57 Å². The van der Waals surface area contributed by atoms with Crippen LogP contribution >= 0.6 is 27.5 Å². The molecule has 4 heteroatoms. The first-order valence-electron chi connectivity index (χ1n) is 6.08. The van der Waals surface area contributed by atoms with Gasteiger partial charge in [0.25, 0.3) is 0 Å². The molecule has 1 aliphatic rings. The number of hydrogen-bond donors (Lipinski definition) is 1. The van der Waals surface area contributed by atoms with E-state index in [1.54, 1.807) is 0 Å². The van der Waals surface area contributed by atoms with Gasteiger partial charge in [0.2, 0.25) is 0 Å². The molecule has 0 saturated heterocycles. The first-order chi connectivity index (χ1) is 8.66. The molecule has 94 valence electrons. The molecule has 0 radical (unpaired) electrons. The van der Waals surface area contributed by atoms with E-state index in [9.17, 15) is 0 Å². The van der Waals surface area contributed by atoms with Crippen molar-refractivity contribution in [2.75, 3.05) is 0 Å². The predicted octanol–water partition coefficient (Wildman–Crippen LogP) is 4.23. The first kappa shape index (κ1) is 12.3. The van der Waals surface area contributed by atoms with Gasteiger partial charge >= 0.3 is 0 Å². The standard InChI is InChI=1S/C14H14BrClN2/c15-9-4-5-11(16)14(8-9)18-7-6-10-12(17)2-1-3-13(10)18/h4-8,12H,1-3,17H2. The summed E-state index contributed by atoms with van der Waals surface area (Å²) in [5.74, 6) is 0. The fourth-order valence-electron chi connectivity index (χ4n) is 2.62. The molecular weight excluding hydrogens is 312 g/mol. The summed E-state index contributed by atoms with van der Waals surface area (Å²) in [6, 6.07) is 8.20. The third-order valence-electron chi connectivity index (χ3n) is 3.52. The van der Waals surface area contributed by atoms with Crippen LogP contribution in [0.3, 0.4) is 0 Å². The topological polar surface area (TPSA) is 30.9 Å². The molecule has 0 fully saturated rings. The number of rotatable bonds is 1. The van der Waals surface area contributed by atoms with Crippen molar-refractivity contribution in [3.8, 4) is 5.69 Å². The van der Waals surface area contributed by atoms with E-state index in [1.807, 2.05) is 18.2 Å². The van der Waals surface area contributed by atoms with Crippen molar-refractivity contribution >= 4 is 27.5 Å². The van der Waals surface area contributed by atoms with E-state index in [2.05, 4.69) is 32.8 Å². The highest BCUT2D eigenvalue weighted by atomic mass is 79.9. The number of aromatic nitrogens is 1. The molecule has 2 aromatic rings. The third-order valence-corrected chi connectivity index (χ3v) is 4.34. The van der Waals surface area contributed by atoms with E-state index in [1.165, 1.54) is 11.3 Å². The minimum Gasteiger partial charge on any atom is -0.324 e. The summed E-state index contributed by atoms with van der Waals surface area (Å²) in [6.45, 7) is 0. The SMILES string of the molecule is NC1CCCc2c1ccn2-c1cc(Br)ccc1Cl. The Morgan fingerprint density at radius 1 is 1.33 bits per heavy atom. The molecule has 2 N–H and O–H groups in total. The van der Waals surface area contributed by atoms with Crippen LogP contribution in [0, 0.1) is 0 Å². The van der Waals surface area contributed by atoms with Crippen molar-refractivity contribution in [2.24, 2.45) is 5.73 Å². The van der Waals surface area contributed by atoms with Crippen LogP contribution < -0.4 is 5.73 Å². The van der Waals surface area contributed by atoms with Crippen LogP contribution in [0.5, 0.6) is 0 Å². The van der Waals surface area contributed by atoms with Gasteiger partial charge in [-0.05, 0) is 49.1 Å². The van der Waals surface area contributed by atoms with E-state index in [-0.39, 0.29) is 6.04 Å². The Balaban J connectivity index is 2.15. The molecule has 0 saturated carbocycles. The summed E-state index contributed by atoms with van der Waals surface area (Å²) in [7, 11) is 0.